The van der Waals surface area contributed by atoms with Crippen LogP contribution in [-0.4, -0.2) is 46.9 Å². The van der Waals surface area contributed by atoms with Gasteiger partial charge < -0.3 is 14.8 Å². The average Bonchev–Trinajstić information content (AvgIpc) is 3.48. The zero-order chi connectivity index (χ0) is 23.4. The number of thiophene rings is 1. The molecule has 33 heavy (non-hydrogen) atoms. The summed E-state index contributed by atoms with van der Waals surface area (Å²) >= 11 is 1.56. The minimum Gasteiger partial charge on any atom is -0.494 e. The van der Waals surface area contributed by atoms with Gasteiger partial charge in [-0.15, -0.1) is 11.3 Å². The molecule has 0 bridgehead atoms. The molecule has 0 unspecified atom stereocenters. The molecule has 2 N–H and O–H groups in total. The number of carbonyl (C=O) groups is 1. The number of H-pyrrole nitrogens is 1. The first-order chi connectivity index (χ1) is 16.0. The highest BCUT2D eigenvalue weighted by atomic mass is 32.1. The summed E-state index contributed by atoms with van der Waals surface area (Å²) in [6.07, 6.45) is 0. The fraction of sp³-hybridized carbons (Fsp3) is 0.231. The van der Waals surface area contributed by atoms with Gasteiger partial charge in [-0.1, -0.05) is 38.1 Å². The first kappa shape index (κ1) is 22.8. The van der Waals surface area contributed by atoms with E-state index in [1.807, 2.05) is 35.7 Å². The molecule has 170 valence electrons. The maximum absolute atomic E-state index is 11.9. The molecule has 7 heteroatoms. The van der Waals surface area contributed by atoms with Crippen LogP contribution in [0.5, 0.6) is 5.88 Å². The molecule has 0 saturated heterocycles. The number of aromatic nitrogens is 1. The molecule has 2 heterocycles. The second kappa shape index (κ2) is 10.0. The van der Waals surface area contributed by atoms with Crippen molar-refractivity contribution in [2.45, 2.75) is 20.4 Å². The van der Waals surface area contributed by atoms with Gasteiger partial charge in [0.05, 0.1) is 34.5 Å². The van der Waals surface area contributed by atoms with Gasteiger partial charge in [-0.2, -0.15) is 0 Å². The summed E-state index contributed by atoms with van der Waals surface area (Å²) in [5.41, 5.74) is 4.38. The smallest absolute Gasteiger partial charge is 0.337 e. The molecule has 0 amide bonds. The van der Waals surface area contributed by atoms with Crippen molar-refractivity contribution in [2.75, 3.05) is 20.2 Å². The van der Waals surface area contributed by atoms with Crippen LogP contribution in [0.3, 0.4) is 0 Å². The van der Waals surface area contributed by atoms with Crippen molar-refractivity contribution in [3.8, 4) is 5.88 Å². The Labute approximate surface area is 197 Å². The van der Waals surface area contributed by atoms with Crippen LogP contribution in [0, 0.1) is 0 Å². The van der Waals surface area contributed by atoms with Gasteiger partial charge in [0.25, 0.3) is 0 Å². The van der Waals surface area contributed by atoms with E-state index in [1.165, 1.54) is 12.7 Å². The van der Waals surface area contributed by atoms with E-state index in [1.54, 1.807) is 23.5 Å². The third-order valence-electron chi connectivity index (χ3n) is 5.67. The van der Waals surface area contributed by atoms with Gasteiger partial charge in [-0.3, -0.25) is 4.90 Å². The number of benzene rings is 2. The first-order valence-corrected chi connectivity index (χ1v) is 11.8. The zero-order valence-corrected chi connectivity index (χ0v) is 19.8. The molecule has 0 fully saturated rings. The van der Waals surface area contributed by atoms with Crippen molar-refractivity contribution in [2.24, 2.45) is 4.99 Å². The normalized spacial score (nSPS) is 11.9. The molecule has 0 saturated carbocycles. The van der Waals surface area contributed by atoms with E-state index in [0.717, 1.165) is 35.6 Å². The van der Waals surface area contributed by atoms with Crippen LogP contribution in [0.2, 0.25) is 0 Å². The Morgan fingerprint density at radius 3 is 2.52 bits per heavy atom. The Bertz CT molecular complexity index is 1270. The number of fused-ring (bicyclic) bond motifs is 1. The van der Waals surface area contributed by atoms with Crippen LogP contribution < -0.4 is 0 Å². The van der Waals surface area contributed by atoms with Crippen molar-refractivity contribution < 1.29 is 14.6 Å². The van der Waals surface area contributed by atoms with Crippen molar-refractivity contribution in [3.63, 3.8) is 0 Å². The second-order valence-corrected chi connectivity index (χ2v) is 8.61. The van der Waals surface area contributed by atoms with Gasteiger partial charge in [0, 0.05) is 17.4 Å². The highest BCUT2D eigenvalue weighted by Gasteiger charge is 2.20. The Kier molecular flexibility index (Phi) is 6.91. The van der Waals surface area contributed by atoms with Crippen LogP contribution in [0.25, 0.3) is 10.9 Å². The van der Waals surface area contributed by atoms with Crippen molar-refractivity contribution in [1.82, 2.24) is 9.88 Å². The average molecular weight is 462 g/mol. The monoisotopic (exact) mass is 461 g/mol. The quantitative estimate of drug-likeness (QED) is 0.259. The summed E-state index contributed by atoms with van der Waals surface area (Å²) in [6.45, 7) is 7.25. The van der Waals surface area contributed by atoms with Gasteiger partial charge in [0.1, 0.15) is 0 Å². The largest absolute Gasteiger partial charge is 0.494 e. The fourth-order valence-electron chi connectivity index (χ4n) is 3.83. The van der Waals surface area contributed by atoms with Gasteiger partial charge in [0.15, 0.2) is 5.88 Å². The lowest BCUT2D eigenvalue weighted by atomic mass is 10.0. The van der Waals surface area contributed by atoms with E-state index < -0.39 is 5.97 Å². The maximum Gasteiger partial charge on any atom is 0.337 e. The second-order valence-electron chi connectivity index (χ2n) is 7.67. The molecule has 0 spiro atoms. The Morgan fingerprint density at radius 2 is 1.88 bits per heavy atom. The standard InChI is InChI=1S/C26H27N3O3S/c1-4-29(5-2)16-17-8-11-19(12-9-17)27-24(22-7-6-14-33-22)23-20-13-10-18(26(31)32-3)15-21(20)28-25(23)30/h6-15,28,30H,4-5,16H2,1-3H3. The van der Waals surface area contributed by atoms with Gasteiger partial charge >= 0.3 is 5.97 Å². The van der Waals surface area contributed by atoms with Crippen molar-refractivity contribution >= 4 is 39.6 Å². The molecule has 0 aliphatic carbocycles. The molecule has 6 nitrogen and oxygen atoms in total. The molecular formula is C26H27N3O3S. The molecule has 0 aliphatic rings. The SMILES string of the molecule is CCN(CC)Cc1ccc(N=C(c2cccs2)c2c(O)[nH]c3cc(C(=O)OC)ccc23)cc1. The lowest BCUT2D eigenvalue weighted by molar-refractivity contribution is 0.0601. The van der Waals surface area contributed by atoms with Gasteiger partial charge in [-0.25, -0.2) is 9.79 Å². The number of hydrogen-bond donors (Lipinski definition) is 2. The zero-order valence-electron chi connectivity index (χ0n) is 19.0. The summed E-state index contributed by atoms with van der Waals surface area (Å²) in [5, 5.41) is 13.6. The van der Waals surface area contributed by atoms with Crippen LogP contribution >= 0.6 is 11.3 Å². The summed E-state index contributed by atoms with van der Waals surface area (Å²) in [6, 6.07) is 17.3. The Hall–Kier alpha value is -3.42. The molecule has 2 aromatic heterocycles. The van der Waals surface area contributed by atoms with Crippen molar-refractivity contribution in [1.29, 1.82) is 0 Å². The van der Waals surface area contributed by atoms with Gasteiger partial charge in [-0.05, 0) is 54.4 Å². The van der Waals surface area contributed by atoms with Crippen LogP contribution in [0.4, 0.5) is 5.69 Å². The number of carbonyl (C=O) groups excluding carboxylic acids is 1. The minimum atomic E-state index is -0.426. The molecule has 0 radical (unpaired) electrons. The third kappa shape index (κ3) is 4.84. The van der Waals surface area contributed by atoms with Crippen LogP contribution in [0.15, 0.2) is 65.0 Å². The van der Waals surface area contributed by atoms with E-state index in [-0.39, 0.29) is 5.88 Å². The lowest BCUT2D eigenvalue weighted by Crippen LogP contribution is -2.21. The number of rotatable bonds is 8. The number of aromatic hydroxyl groups is 1. The number of hydrogen-bond acceptors (Lipinski definition) is 6. The molecule has 0 atom stereocenters. The molecule has 0 aliphatic heterocycles. The summed E-state index contributed by atoms with van der Waals surface area (Å²) < 4.78 is 4.82. The number of aliphatic imine (C=N–C) groups is 1. The Balaban J connectivity index is 1.76. The molecular weight excluding hydrogens is 434 g/mol. The number of aromatic amines is 1. The predicted molar refractivity (Wildman–Crippen MR) is 134 cm³/mol. The number of esters is 1. The van der Waals surface area contributed by atoms with E-state index in [0.29, 0.717) is 22.4 Å². The van der Waals surface area contributed by atoms with Crippen LogP contribution in [0.1, 0.15) is 40.2 Å². The highest BCUT2D eigenvalue weighted by molar-refractivity contribution is 7.12. The molecule has 4 rings (SSSR count). The lowest BCUT2D eigenvalue weighted by Gasteiger charge is -2.17. The fourth-order valence-corrected chi connectivity index (χ4v) is 4.55. The van der Waals surface area contributed by atoms with Crippen LogP contribution in [-0.2, 0) is 11.3 Å². The minimum absolute atomic E-state index is 0.0114. The topological polar surface area (TPSA) is 77.9 Å². The number of ether oxygens (including phenoxy) is 1. The van der Waals surface area contributed by atoms with Gasteiger partial charge in [0.2, 0.25) is 0 Å². The predicted octanol–water partition coefficient (Wildman–Crippen LogP) is 5.73. The first-order valence-electron chi connectivity index (χ1n) is 10.9. The summed E-state index contributed by atoms with van der Waals surface area (Å²) in [5.74, 6) is -0.415. The Morgan fingerprint density at radius 1 is 1.12 bits per heavy atom. The summed E-state index contributed by atoms with van der Waals surface area (Å²) in [7, 11) is 1.35. The molecule has 4 aromatic rings. The number of nitrogens with zero attached hydrogens (tertiary/aromatic N) is 2. The maximum atomic E-state index is 11.9. The summed E-state index contributed by atoms with van der Waals surface area (Å²) in [4.78, 5) is 23.1. The number of methoxy groups -OCH3 is 1. The number of nitrogens with one attached hydrogen (secondary N) is 1. The molecule has 2 aromatic carbocycles. The van der Waals surface area contributed by atoms with E-state index in [9.17, 15) is 9.90 Å². The van der Waals surface area contributed by atoms with Crippen molar-refractivity contribution in [3.05, 3.63) is 81.5 Å². The van der Waals surface area contributed by atoms with E-state index in [4.69, 9.17) is 9.73 Å². The highest BCUT2D eigenvalue weighted by Crippen LogP contribution is 2.33. The third-order valence-corrected chi connectivity index (χ3v) is 6.55. The van der Waals surface area contributed by atoms with E-state index >= 15 is 0 Å². The van der Waals surface area contributed by atoms with E-state index in [2.05, 4.69) is 35.9 Å².